The highest BCUT2D eigenvalue weighted by Gasteiger charge is 2.38. The van der Waals surface area contributed by atoms with Crippen molar-refractivity contribution in [3.05, 3.63) is 23.8 Å². The van der Waals surface area contributed by atoms with E-state index < -0.39 is 28.1 Å². The van der Waals surface area contributed by atoms with E-state index in [1.807, 2.05) is 6.92 Å². The molecule has 10 nitrogen and oxygen atoms in total. The summed E-state index contributed by atoms with van der Waals surface area (Å²) in [6.07, 6.45) is -1.09. The quantitative estimate of drug-likeness (QED) is 0.392. The normalized spacial score (nSPS) is 14.9. The number of aliphatic carboxylic acids is 1. The van der Waals surface area contributed by atoms with Gasteiger partial charge in [0.1, 0.15) is 0 Å². The van der Waals surface area contributed by atoms with E-state index >= 15 is 0 Å². The number of benzene rings is 1. The topological polar surface area (TPSA) is 136 Å². The Kier molecular flexibility index (Phi) is 11.7. The Labute approximate surface area is 202 Å². The van der Waals surface area contributed by atoms with Gasteiger partial charge >= 0.3 is 18.1 Å². The highest BCUT2D eigenvalue weighted by molar-refractivity contribution is 7.92. The molecule has 0 bridgehead atoms. The van der Waals surface area contributed by atoms with Gasteiger partial charge < -0.3 is 24.7 Å². The van der Waals surface area contributed by atoms with Crippen LogP contribution in [0.15, 0.2) is 18.2 Å². The molecule has 0 aromatic heterocycles. The third-order valence-electron chi connectivity index (χ3n) is 5.21. The fourth-order valence-corrected chi connectivity index (χ4v) is 4.08. The van der Waals surface area contributed by atoms with E-state index in [9.17, 15) is 31.5 Å². The lowest BCUT2D eigenvalue weighted by Crippen LogP contribution is -2.44. The minimum atomic E-state index is -5.08. The van der Waals surface area contributed by atoms with Gasteiger partial charge in [0.15, 0.2) is 0 Å². The van der Waals surface area contributed by atoms with Crippen LogP contribution in [0.2, 0.25) is 0 Å². The van der Waals surface area contributed by atoms with Crippen molar-refractivity contribution in [1.82, 2.24) is 4.90 Å². The molecule has 1 heterocycles. The minimum Gasteiger partial charge on any atom is -0.478 e. The lowest BCUT2D eigenvalue weighted by molar-refractivity contribution is -0.192. The molecule has 0 amide bonds. The zero-order valence-electron chi connectivity index (χ0n) is 19.8. The monoisotopic (exact) mass is 527 g/mol. The van der Waals surface area contributed by atoms with E-state index in [0.29, 0.717) is 17.4 Å². The van der Waals surface area contributed by atoms with Crippen LogP contribution >= 0.6 is 0 Å². The SMILES string of the molecule is CCOCCCN(C)C1CCN(c2ccc(C(=O)O)cc2NS(C)(=O)=O)CC1.O=C(O)C(F)(F)F. The van der Waals surface area contributed by atoms with Crippen LogP contribution in [-0.4, -0.2) is 93.8 Å². The van der Waals surface area contributed by atoms with Crippen LogP contribution in [0.5, 0.6) is 0 Å². The molecule has 0 saturated carbocycles. The van der Waals surface area contributed by atoms with Crippen molar-refractivity contribution in [2.24, 2.45) is 0 Å². The number of carboxylic acids is 2. The number of piperidine rings is 1. The van der Waals surface area contributed by atoms with Gasteiger partial charge in [-0.05, 0) is 51.4 Å². The number of ether oxygens (including phenoxy) is 1. The molecule has 0 unspecified atom stereocenters. The van der Waals surface area contributed by atoms with Gasteiger partial charge in [0.25, 0.3) is 0 Å². The Balaban J connectivity index is 0.000000762. The van der Waals surface area contributed by atoms with Crippen LogP contribution in [0.1, 0.15) is 36.5 Å². The average Bonchev–Trinajstić information content (AvgIpc) is 2.75. The molecule has 2 rings (SSSR count). The van der Waals surface area contributed by atoms with Gasteiger partial charge in [0.05, 0.1) is 23.2 Å². The Hall–Kier alpha value is -2.58. The van der Waals surface area contributed by atoms with Gasteiger partial charge in [-0.1, -0.05) is 0 Å². The zero-order valence-corrected chi connectivity index (χ0v) is 20.7. The maximum Gasteiger partial charge on any atom is 0.490 e. The summed E-state index contributed by atoms with van der Waals surface area (Å²) in [4.78, 5) is 24.6. The Bertz CT molecular complexity index is 950. The van der Waals surface area contributed by atoms with Crippen LogP contribution in [-0.2, 0) is 19.6 Å². The number of aromatic carboxylic acids is 1. The largest absolute Gasteiger partial charge is 0.490 e. The molecule has 0 spiro atoms. The van der Waals surface area contributed by atoms with E-state index in [1.54, 1.807) is 6.07 Å². The van der Waals surface area contributed by atoms with Crippen molar-refractivity contribution >= 4 is 33.3 Å². The number of carbonyl (C=O) groups is 2. The number of sulfonamides is 1. The Morgan fingerprint density at radius 3 is 2.26 bits per heavy atom. The Morgan fingerprint density at radius 1 is 1.23 bits per heavy atom. The molecule has 35 heavy (non-hydrogen) atoms. The third-order valence-corrected chi connectivity index (χ3v) is 5.80. The van der Waals surface area contributed by atoms with Crippen LogP contribution in [0.3, 0.4) is 0 Å². The fourth-order valence-electron chi connectivity index (χ4n) is 3.52. The van der Waals surface area contributed by atoms with Crippen molar-refractivity contribution in [2.75, 3.05) is 55.8 Å². The number of nitrogens with one attached hydrogen (secondary N) is 1. The number of halogens is 3. The first-order valence-electron chi connectivity index (χ1n) is 10.8. The van der Waals surface area contributed by atoms with E-state index in [1.165, 1.54) is 12.1 Å². The van der Waals surface area contributed by atoms with Gasteiger partial charge in [-0.2, -0.15) is 13.2 Å². The van der Waals surface area contributed by atoms with E-state index in [0.717, 1.165) is 58.4 Å². The number of nitrogens with zero attached hydrogens (tertiary/aromatic N) is 2. The molecule has 1 saturated heterocycles. The van der Waals surface area contributed by atoms with Crippen molar-refractivity contribution in [3.8, 4) is 0 Å². The summed E-state index contributed by atoms with van der Waals surface area (Å²) in [5.74, 6) is -3.84. The van der Waals surface area contributed by atoms with E-state index in [-0.39, 0.29) is 5.56 Å². The van der Waals surface area contributed by atoms with Crippen LogP contribution in [0, 0.1) is 0 Å². The zero-order chi connectivity index (χ0) is 26.8. The van der Waals surface area contributed by atoms with Gasteiger partial charge in [0.2, 0.25) is 10.0 Å². The highest BCUT2D eigenvalue weighted by Crippen LogP contribution is 2.31. The van der Waals surface area contributed by atoms with Crippen LogP contribution in [0.25, 0.3) is 0 Å². The van der Waals surface area contributed by atoms with Crippen molar-refractivity contribution in [3.63, 3.8) is 0 Å². The predicted octanol–water partition coefficient (Wildman–Crippen LogP) is 2.72. The van der Waals surface area contributed by atoms with Crippen molar-refractivity contribution in [2.45, 2.75) is 38.4 Å². The molecule has 3 N–H and O–H groups in total. The summed E-state index contributed by atoms with van der Waals surface area (Å²) in [7, 11) is -1.38. The molecule has 1 aromatic rings. The average molecular weight is 528 g/mol. The molecule has 1 fully saturated rings. The number of alkyl halides is 3. The van der Waals surface area contributed by atoms with Crippen LogP contribution < -0.4 is 9.62 Å². The number of carboxylic acid groups (broad SMARTS) is 2. The summed E-state index contributed by atoms with van der Waals surface area (Å²) in [5, 5.41) is 16.3. The lowest BCUT2D eigenvalue weighted by atomic mass is 10.0. The maximum absolute atomic E-state index is 11.7. The van der Waals surface area contributed by atoms with Gasteiger partial charge in [0, 0.05) is 38.9 Å². The van der Waals surface area contributed by atoms with Crippen LogP contribution in [0.4, 0.5) is 24.5 Å². The highest BCUT2D eigenvalue weighted by atomic mass is 32.2. The summed E-state index contributed by atoms with van der Waals surface area (Å²) in [6.45, 7) is 6.06. The standard InChI is InChI=1S/C19H31N3O5S.C2HF3O2/c1-4-27-13-5-10-21(2)16-8-11-22(12-9-16)18-7-6-15(19(23)24)14-17(18)20-28(3,25)26;3-2(4,5)1(6)7/h6-7,14,16,20H,4-5,8-13H2,1-3H3,(H,23,24);(H,6,7). The lowest BCUT2D eigenvalue weighted by Gasteiger charge is -2.38. The van der Waals surface area contributed by atoms with Gasteiger partial charge in [-0.3, -0.25) is 4.72 Å². The minimum absolute atomic E-state index is 0.0545. The molecule has 0 atom stereocenters. The van der Waals surface area contributed by atoms with Crippen molar-refractivity contribution < 1.29 is 46.1 Å². The maximum atomic E-state index is 11.7. The second kappa shape index (κ2) is 13.5. The van der Waals surface area contributed by atoms with Gasteiger partial charge in [-0.25, -0.2) is 18.0 Å². The molecule has 1 aromatic carbocycles. The number of hydrogen-bond acceptors (Lipinski definition) is 7. The van der Waals surface area contributed by atoms with E-state index in [2.05, 4.69) is 21.6 Å². The summed E-state index contributed by atoms with van der Waals surface area (Å²) < 4.78 is 63.0. The Morgan fingerprint density at radius 2 is 1.80 bits per heavy atom. The molecular weight excluding hydrogens is 495 g/mol. The molecule has 0 aliphatic carbocycles. The summed E-state index contributed by atoms with van der Waals surface area (Å²) >= 11 is 0. The second-order valence-electron chi connectivity index (χ2n) is 7.96. The molecule has 1 aliphatic rings. The summed E-state index contributed by atoms with van der Waals surface area (Å²) in [6, 6.07) is 5.05. The predicted molar refractivity (Wildman–Crippen MR) is 125 cm³/mol. The van der Waals surface area contributed by atoms with E-state index in [4.69, 9.17) is 14.6 Å². The summed E-state index contributed by atoms with van der Waals surface area (Å²) in [5.41, 5.74) is 1.08. The molecule has 1 aliphatic heterocycles. The van der Waals surface area contributed by atoms with Crippen molar-refractivity contribution in [1.29, 1.82) is 0 Å². The fraction of sp³-hybridized carbons (Fsp3) is 0.619. The number of hydrogen-bond donors (Lipinski definition) is 3. The first kappa shape index (κ1) is 30.5. The molecular formula is C21H32F3N3O7S. The molecule has 14 heteroatoms. The first-order chi connectivity index (χ1) is 16.2. The second-order valence-corrected chi connectivity index (χ2v) is 9.71. The molecule has 200 valence electrons. The van der Waals surface area contributed by atoms with Gasteiger partial charge in [-0.15, -0.1) is 0 Å². The number of anilines is 2. The smallest absolute Gasteiger partial charge is 0.478 e. The molecule has 0 radical (unpaired) electrons. The first-order valence-corrected chi connectivity index (χ1v) is 12.7. The number of rotatable bonds is 10. The third kappa shape index (κ3) is 11.1.